The molecule has 2 heterocycles. The molecule has 112 valence electrons. The van der Waals surface area contributed by atoms with Crippen molar-refractivity contribution >= 4 is 0 Å². The molecular weight excluding hydrogens is 236 g/mol. The van der Waals surface area contributed by atoms with Gasteiger partial charge in [-0.15, -0.1) is 0 Å². The van der Waals surface area contributed by atoms with Crippen LogP contribution in [0.2, 0.25) is 0 Å². The minimum absolute atomic E-state index is 0.661. The largest absolute Gasteiger partial charge is 0.314 e. The van der Waals surface area contributed by atoms with E-state index in [1.165, 1.54) is 39.0 Å². The molecule has 2 aliphatic heterocycles. The molecule has 2 fully saturated rings. The van der Waals surface area contributed by atoms with Crippen molar-refractivity contribution in [3.8, 4) is 0 Å². The molecule has 0 amide bonds. The van der Waals surface area contributed by atoms with Crippen LogP contribution in [0.1, 0.15) is 19.8 Å². The number of rotatable bonds is 4. The van der Waals surface area contributed by atoms with Crippen LogP contribution in [0.3, 0.4) is 0 Å². The van der Waals surface area contributed by atoms with E-state index in [0.717, 1.165) is 19.0 Å². The van der Waals surface area contributed by atoms with Gasteiger partial charge in [0.25, 0.3) is 0 Å². The fourth-order valence-corrected chi connectivity index (χ4v) is 4.04. The molecule has 0 aromatic carbocycles. The molecule has 0 aromatic rings. The van der Waals surface area contributed by atoms with Gasteiger partial charge in [-0.25, -0.2) is 0 Å². The molecule has 2 aliphatic rings. The Morgan fingerprint density at radius 1 is 1.16 bits per heavy atom. The van der Waals surface area contributed by atoms with Gasteiger partial charge in [0.15, 0.2) is 0 Å². The van der Waals surface area contributed by atoms with Crippen molar-refractivity contribution in [2.45, 2.75) is 31.8 Å². The number of nitrogens with zero attached hydrogens (tertiary/aromatic N) is 3. The van der Waals surface area contributed by atoms with Gasteiger partial charge >= 0.3 is 0 Å². The Labute approximate surface area is 119 Å². The van der Waals surface area contributed by atoms with E-state index in [2.05, 4.69) is 48.1 Å². The van der Waals surface area contributed by atoms with Crippen LogP contribution in [0.5, 0.6) is 0 Å². The Balaban J connectivity index is 2.01. The Kier molecular flexibility index (Phi) is 5.63. The smallest absolute Gasteiger partial charge is 0.0283 e. The van der Waals surface area contributed by atoms with Crippen LogP contribution in [-0.4, -0.2) is 87.2 Å². The van der Waals surface area contributed by atoms with Gasteiger partial charge in [-0.1, -0.05) is 0 Å². The Morgan fingerprint density at radius 2 is 1.84 bits per heavy atom. The van der Waals surface area contributed by atoms with Crippen molar-refractivity contribution in [3.05, 3.63) is 0 Å². The summed E-state index contributed by atoms with van der Waals surface area (Å²) in [5.41, 5.74) is 0. The number of hydrogen-bond donors (Lipinski definition) is 1. The lowest BCUT2D eigenvalue weighted by molar-refractivity contribution is 0.0442. The predicted molar refractivity (Wildman–Crippen MR) is 81.6 cm³/mol. The molecule has 1 N–H and O–H groups in total. The van der Waals surface area contributed by atoms with Crippen LogP contribution in [0.4, 0.5) is 0 Å². The molecule has 19 heavy (non-hydrogen) atoms. The van der Waals surface area contributed by atoms with Gasteiger partial charge < -0.3 is 15.1 Å². The van der Waals surface area contributed by atoms with Crippen LogP contribution in [-0.2, 0) is 0 Å². The summed E-state index contributed by atoms with van der Waals surface area (Å²) in [5.74, 6) is 0.818. The standard InChI is InChI=1S/C15H32N4/c1-13(19-10-7-16-8-11-19)15(17(2)3)14-6-5-9-18(4)12-14/h13-16H,5-12H2,1-4H3. The highest BCUT2D eigenvalue weighted by molar-refractivity contribution is 4.91. The molecular formula is C15H32N4. The first kappa shape index (κ1) is 15.2. The normalized spacial score (nSPS) is 30.5. The van der Waals surface area contributed by atoms with Gasteiger partial charge in [0.2, 0.25) is 0 Å². The van der Waals surface area contributed by atoms with Crippen LogP contribution in [0.15, 0.2) is 0 Å². The van der Waals surface area contributed by atoms with E-state index in [0.29, 0.717) is 12.1 Å². The number of likely N-dealkylation sites (N-methyl/N-ethyl adjacent to an activating group) is 1. The average Bonchev–Trinajstić information content (AvgIpc) is 2.39. The third-order valence-corrected chi connectivity index (χ3v) is 4.96. The first-order valence-corrected chi connectivity index (χ1v) is 7.89. The van der Waals surface area contributed by atoms with Crippen LogP contribution < -0.4 is 5.32 Å². The molecule has 2 saturated heterocycles. The van der Waals surface area contributed by atoms with E-state index in [4.69, 9.17) is 0 Å². The van der Waals surface area contributed by atoms with Gasteiger partial charge in [-0.2, -0.15) is 0 Å². The van der Waals surface area contributed by atoms with Crippen LogP contribution >= 0.6 is 0 Å². The predicted octanol–water partition coefficient (Wildman–Crippen LogP) is 0.552. The van der Waals surface area contributed by atoms with Crippen molar-refractivity contribution in [2.24, 2.45) is 5.92 Å². The SMILES string of the molecule is CC(C(C1CCCN(C)C1)N(C)C)N1CCNCC1. The third kappa shape index (κ3) is 3.91. The molecule has 0 aliphatic carbocycles. The number of piperidine rings is 1. The van der Waals surface area contributed by atoms with E-state index >= 15 is 0 Å². The minimum atomic E-state index is 0.661. The Bertz CT molecular complexity index is 263. The van der Waals surface area contributed by atoms with Gasteiger partial charge in [0.05, 0.1) is 0 Å². The van der Waals surface area contributed by atoms with Gasteiger partial charge in [-0.3, -0.25) is 4.90 Å². The number of nitrogens with one attached hydrogen (secondary N) is 1. The van der Waals surface area contributed by atoms with Crippen molar-refractivity contribution in [1.82, 2.24) is 20.0 Å². The first-order valence-electron chi connectivity index (χ1n) is 7.89. The highest BCUT2D eigenvalue weighted by Crippen LogP contribution is 2.25. The number of likely N-dealkylation sites (tertiary alicyclic amines) is 1. The molecule has 4 nitrogen and oxygen atoms in total. The first-order chi connectivity index (χ1) is 9.09. The fourth-order valence-electron chi connectivity index (χ4n) is 4.04. The zero-order chi connectivity index (χ0) is 13.8. The van der Waals surface area contributed by atoms with Crippen molar-refractivity contribution < 1.29 is 0 Å². The quantitative estimate of drug-likeness (QED) is 0.804. The number of hydrogen-bond acceptors (Lipinski definition) is 4. The maximum Gasteiger partial charge on any atom is 0.0283 e. The second-order valence-corrected chi connectivity index (χ2v) is 6.65. The van der Waals surface area contributed by atoms with E-state index in [9.17, 15) is 0 Å². The Morgan fingerprint density at radius 3 is 2.42 bits per heavy atom. The molecule has 0 saturated carbocycles. The summed E-state index contributed by atoms with van der Waals surface area (Å²) >= 11 is 0. The number of piperazine rings is 1. The topological polar surface area (TPSA) is 21.8 Å². The van der Waals surface area contributed by atoms with Crippen molar-refractivity contribution in [2.75, 3.05) is 60.4 Å². The average molecular weight is 268 g/mol. The summed E-state index contributed by atoms with van der Waals surface area (Å²) in [6.07, 6.45) is 2.75. The summed E-state index contributed by atoms with van der Waals surface area (Å²) in [6.45, 7) is 9.68. The maximum atomic E-state index is 3.46. The molecule has 3 atom stereocenters. The van der Waals surface area contributed by atoms with Crippen LogP contribution in [0.25, 0.3) is 0 Å². The zero-order valence-electron chi connectivity index (χ0n) is 13.2. The molecule has 0 radical (unpaired) electrons. The highest BCUT2D eigenvalue weighted by Gasteiger charge is 2.34. The zero-order valence-corrected chi connectivity index (χ0v) is 13.2. The molecule has 3 unspecified atom stereocenters. The third-order valence-electron chi connectivity index (χ3n) is 4.96. The maximum absolute atomic E-state index is 3.46. The summed E-state index contributed by atoms with van der Waals surface area (Å²) in [5, 5.41) is 3.46. The van der Waals surface area contributed by atoms with Crippen molar-refractivity contribution in [1.29, 1.82) is 0 Å². The lowest BCUT2D eigenvalue weighted by atomic mass is 9.85. The summed E-state index contributed by atoms with van der Waals surface area (Å²) in [7, 11) is 6.80. The monoisotopic (exact) mass is 268 g/mol. The summed E-state index contributed by atoms with van der Waals surface area (Å²) in [4.78, 5) is 7.65. The minimum Gasteiger partial charge on any atom is -0.314 e. The molecule has 2 rings (SSSR count). The second kappa shape index (κ2) is 7.02. The molecule has 0 aromatic heterocycles. The van der Waals surface area contributed by atoms with E-state index < -0.39 is 0 Å². The highest BCUT2D eigenvalue weighted by atomic mass is 15.3. The second-order valence-electron chi connectivity index (χ2n) is 6.65. The molecule has 0 spiro atoms. The Hall–Kier alpha value is -0.160. The summed E-state index contributed by atoms with van der Waals surface area (Å²) in [6, 6.07) is 1.34. The van der Waals surface area contributed by atoms with Gasteiger partial charge in [-0.05, 0) is 53.4 Å². The molecule has 4 heteroatoms. The van der Waals surface area contributed by atoms with Crippen LogP contribution in [0, 0.1) is 5.92 Å². The van der Waals surface area contributed by atoms with E-state index in [-0.39, 0.29) is 0 Å². The van der Waals surface area contributed by atoms with E-state index in [1.54, 1.807) is 0 Å². The molecule has 0 bridgehead atoms. The fraction of sp³-hybridized carbons (Fsp3) is 1.00. The van der Waals surface area contributed by atoms with Gasteiger partial charge in [0, 0.05) is 44.8 Å². The van der Waals surface area contributed by atoms with Gasteiger partial charge in [0.1, 0.15) is 0 Å². The summed E-state index contributed by atoms with van der Waals surface area (Å²) < 4.78 is 0. The lowest BCUT2D eigenvalue weighted by Gasteiger charge is -2.45. The van der Waals surface area contributed by atoms with E-state index in [1.807, 2.05) is 0 Å². The van der Waals surface area contributed by atoms with Crippen molar-refractivity contribution in [3.63, 3.8) is 0 Å². The lowest BCUT2D eigenvalue weighted by Crippen LogP contribution is -2.58.